The van der Waals surface area contributed by atoms with Gasteiger partial charge in [0.2, 0.25) is 5.91 Å². The minimum absolute atomic E-state index is 0.0255. The molecule has 8 heteroatoms. The third kappa shape index (κ3) is 3.30. The number of halogens is 3. The van der Waals surface area contributed by atoms with E-state index in [0.29, 0.717) is 12.8 Å². The van der Waals surface area contributed by atoms with Gasteiger partial charge in [0.25, 0.3) is 0 Å². The lowest BCUT2D eigenvalue weighted by atomic mass is 9.85. The second kappa shape index (κ2) is 5.62. The van der Waals surface area contributed by atoms with Gasteiger partial charge < -0.3 is 10.2 Å². The molecule has 0 aromatic carbocycles. The Bertz CT molecular complexity index is 465. The Balaban J connectivity index is 1.52. The summed E-state index contributed by atoms with van der Waals surface area (Å²) in [4.78, 5) is 27.0. The summed E-state index contributed by atoms with van der Waals surface area (Å²) in [5.74, 6) is -1.41. The summed E-state index contributed by atoms with van der Waals surface area (Å²) < 4.78 is 38.3. The van der Waals surface area contributed by atoms with Crippen LogP contribution in [-0.2, 0) is 4.79 Å². The first-order valence-electron chi connectivity index (χ1n) is 7.76. The zero-order valence-electron chi connectivity index (χ0n) is 12.2. The standard InChI is InChI=1S/C14H20F3N3O2/c15-14(16,17)9-2-1-3-10(6-9)18-13(22)19-7-12(21)20(8-19)11-4-5-11/h9-11H,1-8H2,(H,18,22). The van der Waals surface area contributed by atoms with Crippen LogP contribution in [-0.4, -0.2) is 53.2 Å². The molecule has 124 valence electrons. The Hall–Kier alpha value is -1.47. The van der Waals surface area contributed by atoms with Crippen LogP contribution >= 0.6 is 0 Å². The van der Waals surface area contributed by atoms with Crippen molar-refractivity contribution in [3.8, 4) is 0 Å². The molecule has 1 saturated heterocycles. The van der Waals surface area contributed by atoms with Gasteiger partial charge in [0.15, 0.2) is 0 Å². The van der Waals surface area contributed by atoms with Gasteiger partial charge in [0.05, 0.1) is 12.6 Å². The Morgan fingerprint density at radius 2 is 1.91 bits per heavy atom. The minimum atomic E-state index is -4.20. The van der Waals surface area contributed by atoms with Crippen molar-refractivity contribution in [3.05, 3.63) is 0 Å². The molecule has 1 heterocycles. The van der Waals surface area contributed by atoms with E-state index in [4.69, 9.17) is 0 Å². The van der Waals surface area contributed by atoms with Crippen LogP contribution in [0, 0.1) is 5.92 Å². The highest BCUT2D eigenvalue weighted by atomic mass is 19.4. The number of hydrogen-bond acceptors (Lipinski definition) is 2. The van der Waals surface area contributed by atoms with E-state index >= 15 is 0 Å². The Morgan fingerprint density at radius 1 is 1.18 bits per heavy atom. The van der Waals surface area contributed by atoms with Crippen molar-refractivity contribution < 1.29 is 22.8 Å². The van der Waals surface area contributed by atoms with Gasteiger partial charge in [0, 0.05) is 12.1 Å². The zero-order chi connectivity index (χ0) is 15.9. The first-order chi connectivity index (χ1) is 10.3. The fourth-order valence-electron chi connectivity index (χ4n) is 3.29. The second-order valence-corrected chi connectivity index (χ2v) is 6.49. The molecule has 2 unspecified atom stereocenters. The molecule has 3 aliphatic rings. The van der Waals surface area contributed by atoms with Crippen molar-refractivity contribution in [2.24, 2.45) is 5.92 Å². The first kappa shape index (κ1) is 15.4. The van der Waals surface area contributed by atoms with Gasteiger partial charge in [-0.05, 0) is 32.1 Å². The number of rotatable bonds is 2. The second-order valence-electron chi connectivity index (χ2n) is 6.49. The van der Waals surface area contributed by atoms with Crippen molar-refractivity contribution in [2.75, 3.05) is 13.2 Å². The lowest BCUT2D eigenvalue weighted by Crippen LogP contribution is -2.47. The molecule has 0 spiro atoms. The summed E-state index contributed by atoms with van der Waals surface area (Å²) in [7, 11) is 0. The molecule has 1 N–H and O–H groups in total. The molecule has 22 heavy (non-hydrogen) atoms. The molecular weight excluding hydrogens is 299 g/mol. The van der Waals surface area contributed by atoms with E-state index in [1.54, 1.807) is 4.90 Å². The molecule has 2 saturated carbocycles. The van der Waals surface area contributed by atoms with Gasteiger partial charge in [-0.3, -0.25) is 9.69 Å². The van der Waals surface area contributed by atoms with Gasteiger partial charge in [-0.2, -0.15) is 13.2 Å². The van der Waals surface area contributed by atoms with Crippen molar-refractivity contribution >= 4 is 11.9 Å². The summed E-state index contributed by atoms with van der Waals surface area (Å²) in [6, 6.07) is -0.642. The molecule has 2 aliphatic carbocycles. The van der Waals surface area contributed by atoms with Crippen molar-refractivity contribution in [2.45, 2.75) is 56.8 Å². The zero-order valence-corrected chi connectivity index (χ0v) is 12.2. The van der Waals surface area contributed by atoms with Gasteiger partial charge in [-0.25, -0.2) is 4.79 Å². The number of amides is 3. The highest BCUT2D eigenvalue weighted by Crippen LogP contribution is 2.37. The maximum absolute atomic E-state index is 12.8. The van der Waals surface area contributed by atoms with Crippen molar-refractivity contribution in [1.82, 2.24) is 15.1 Å². The van der Waals surface area contributed by atoms with E-state index in [1.165, 1.54) is 4.90 Å². The monoisotopic (exact) mass is 319 g/mol. The lowest BCUT2D eigenvalue weighted by molar-refractivity contribution is -0.183. The minimum Gasteiger partial charge on any atom is -0.335 e. The summed E-state index contributed by atoms with van der Waals surface area (Å²) in [5, 5.41) is 2.67. The molecule has 0 aromatic rings. The molecule has 1 aliphatic heterocycles. The SMILES string of the molecule is O=C(NC1CCCC(C(F)(F)F)C1)N1CC(=O)N(C2CC2)C1. The molecule has 2 atom stereocenters. The van der Waals surface area contributed by atoms with Crippen LogP contribution in [0.1, 0.15) is 38.5 Å². The van der Waals surface area contributed by atoms with Crippen LogP contribution in [0.3, 0.4) is 0 Å². The van der Waals surface area contributed by atoms with Crippen LogP contribution in [0.15, 0.2) is 0 Å². The fraction of sp³-hybridized carbons (Fsp3) is 0.857. The molecule has 0 bridgehead atoms. The van der Waals surface area contributed by atoms with Gasteiger partial charge >= 0.3 is 12.2 Å². The smallest absolute Gasteiger partial charge is 0.335 e. The number of carbonyl (C=O) groups excluding carboxylic acids is 2. The first-order valence-corrected chi connectivity index (χ1v) is 7.76. The number of urea groups is 1. The number of nitrogens with zero attached hydrogens (tertiary/aromatic N) is 2. The molecular formula is C14H20F3N3O2. The number of hydrogen-bond donors (Lipinski definition) is 1. The van der Waals surface area contributed by atoms with E-state index in [9.17, 15) is 22.8 Å². The normalized spacial score (nSPS) is 29.9. The third-order valence-electron chi connectivity index (χ3n) is 4.71. The summed E-state index contributed by atoms with van der Waals surface area (Å²) in [6.07, 6.45) is -1.17. The fourth-order valence-corrected chi connectivity index (χ4v) is 3.29. The highest BCUT2D eigenvalue weighted by Gasteiger charge is 2.43. The predicted molar refractivity (Wildman–Crippen MR) is 71.8 cm³/mol. The van der Waals surface area contributed by atoms with Crippen LogP contribution < -0.4 is 5.32 Å². The van der Waals surface area contributed by atoms with Crippen molar-refractivity contribution in [3.63, 3.8) is 0 Å². The van der Waals surface area contributed by atoms with Crippen LogP contribution in [0.25, 0.3) is 0 Å². The Kier molecular flexibility index (Phi) is 3.94. The average molecular weight is 319 g/mol. The molecule has 3 amide bonds. The molecule has 5 nitrogen and oxygen atoms in total. The molecule has 3 fully saturated rings. The highest BCUT2D eigenvalue weighted by molar-refractivity contribution is 5.87. The number of carbonyl (C=O) groups is 2. The van der Waals surface area contributed by atoms with Crippen molar-refractivity contribution in [1.29, 1.82) is 0 Å². The van der Waals surface area contributed by atoms with Crippen LogP contribution in [0.4, 0.5) is 18.0 Å². The van der Waals surface area contributed by atoms with E-state index in [0.717, 1.165) is 12.8 Å². The quantitative estimate of drug-likeness (QED) is 0.847. The maximum atomic E-state index is 12.8. The topological polar surface area (TPSA) is 52.7 Å². The Morgan fingerprint density at radius 3 is 2.55 bits per heavy atom. The molecule has 0 aromatic heterocycles. The van der Waals surface area contributed by atoms with E-state index < -0.39 is 24.2 Å². The van der Waals surface area contributed by atoms with Crippen LogP contribution in [0.2, 0.25) is 0 Å². The van der Waals surface area contributed by atoms with Gasteiger partial charge in [-0.15, -0.1) is 0 Å². The van der Waals surface area contributed by atoms with Gasteiger partial charge in [0.1, 0.15) is 6.54 Å². The summed E-state index contributed by atoms with van der Waals surface area (Å²) in [5.41, 5.74) is 0. The van der Waals surface area contributed by atoms with E-state index in [1.807, 2.05) is 0 Å². The largest absolute Gasteiger partial charge is 0.391 e. The maximum Gasteiger partial charge on any atom is 0.391 e. The van der Waals surface area contributed by atoms with Gasteiger partial charge in [-0.1, -0.05) is 6.42 Å². The van der Waals surface area contributed by atoms with Crippen LogP contribution in [0.5, 0.6) is 0 Å². The summed E-state index contributed by atoms with van der Waals surface area (Å²) >= 11 is 0. The number of nitrogens with one attached hydrogen (secondary N) is 1. The summed E-state index contributed by atoms with van der Waals surface area (Å²) in [6.45, 7) is 0.280. The molecule has 0 radical (unpaired) electrons. The van der Waals surface area contributed by atoms with E-state index in [-0.39, 0.29) is 38.0 Å². The number of alkyl halides is 3. The van der Waals surface area contributed by atoms with E-state index in [2.05, 4.69) is 5.32 Å². The third-order valence-corrected chi connectivity index (χ3v) is 4.71. The lowest BCUT2D eigenvalue weighted by Gasteiger charge is -2.32. The Labute approximate surface area is 126 Å². The average Bonchev–Trinajstić information content (AvgIpc) is 3.21. The molecule has 3 rings (SSSR count). The predicted octanol–water partition coefficient (Wildman–Crippen LogP) is 2.08.